The molecule has 2 saturated heterocycles. The molecule has 2 aromatic rings. The molecule has 2 aromatic carbocycles. The number of amides is 3. The molecular weight excluding hydrogens is 678 g/mol. The Bertz CT molecular complexity index is 1630. The summed E-state index contributed by atoms with van der Waals surface area (Å²) >= 11 is 3.62. The molecule has 6 atom stereocenters. The number of carbonyl (C=O) groups is 4. The number of aliphatic hydroxyl groups is 1. The number of carbonyl (C=O) groups excluding carboxylic acids is 4. The first kappa shape index (κ1) is 34.1. The topological polar surface area (TPSA) is 125 Å². The van der Waals surface area contributed by atoms with Gasteiger partial charge in [0.15, 0.2) is 0 Å². The van der Waals surface area contributed by atoms with Crippen LogP contribution in [-0.4, -0.2) is 77.7 Å². The third kappa shape index (κ3) is 6.35. The Morgan fingerprint density at radius 1 is 1.00 bits per heavy atom. The van der Waals surface area contributed by atoms with Crippen LogP contribution in [0.25, 0.3) is 0 Å². The van der Waals surface area contributed by atoms with Crippen molar-refractivity contribution >= 4 is 45.3 Å². The van der Waals surface area contributed by atoms with Gasteiger partial charge in [0, 0.05) is 36.3 Å². The van der Waals surface area contributed by atoms with Crippen molar-refractivity contribution in [2.24, 2.45) is 11.8 Å². The minimum absolute atomic E-state index is 0.0348. The number of benzene rings is 2. The molecule has 48 heavy (non-hydrogen) atoms. The largest absolute Gasteiger partial charge is 0.455 e. The van der Waals surface area contributed by atoms with Crippen molar-refractivity contribution in [2.75, 3.05) is 31.1 Å². The van der Waals surface area contributed by atoms with E-state index in [9.17, 15) is 19.5 Å². The fourth-order valence-electron chi connectivity index (χ4n) is 7.46. The Labute approximate surface area is 289 Å². The summed E-state index contributed by atoms with van der Waals surface area (Å²) in [5, 5.41) is 12.3. The quantitative estimate of drug-likeness (QED) is 0.247. The lowest BCUT2D eigenvalue weighted by Crippen LogP contribution is -2.56. The van der Waals surface area contributed by atoms with Crippen molar-refractivity contribution in [3.05, 3.63) is 87.9 Å². The second-order valence-electron chi connectivity index (χ2n) is 13.0. The molecule has 6 rings (SSSR count). The van der Waals surface area contributed by atoms with E-state index in [1.807, 2.05) is 74.5 Å². The third-order valence-electron chi connectivity index (χ3n) is 9.82. The number of fused-ring (bicyclic) bond motifs is 2. The normalized spacial score (nSPS) is 29.8. The van der Waals surface area contributed by atoms with Gasteiger partial charge in [0.05, 0.1) is 12.5 Å². The number of ether oxygens (including phenoxy) is 2. The van der Waals surface area contributed by atoms with Crippen molar-refractivity contribution in [1.29, 1.82) is 0 Å². The Balaban J connectivity index is 1.45. The average Bonchev–Trinajstić information content (AvgIpc) is 3.67. The van der Waals surface area contributed by atoms with Crippen molar-refractivity contribution in [3.63, 3.8) is 0 Å². The highest BCUT2D eigenvalue weighted by atomic mass is 79.9. The number of unbranched alkanes of at least 4 members (excludes halogenated alkanes) is 2. The van der Waals surface area contributed by atoms with Crippen molar-refractivity contribution < 1.29 is 33.8 Å². The molecule has 0 aliphatic carbocycles. The first-order valence-electron chi connectivity index (χ1n) is 16.7. The maximum Gasteiger partial charge on any atom is 0.313 e. The molecular formula is C37H42BrN3O7. The van der Waals surface area contributed by atoms with Gasteiger partial charge in [-0.2, -0.15) is 0 Å². The van der Waals surface area contributed by atoms with Gasteiger partial charge >= 0.3 is 5.97 Å². The molecule has 0 saturated carbocycles. The number of hydrogen-bond acceptors (Lipinski definition) is 7. The second kappa shape index (κ2) is 14.4. The van der Waals surface area contributed by atoms with Crippen LogP contribution in [0.4, 0.5) is 5.69 Å². The van der Waals surface area contributed by atoms with E-state index in [-0.39, 0.29) is 50.4 Å². The van der Waals surface area contributed by atoms with Crippen LogP contribution in [0, 0.1) is 25.7 Å². The van der Waals surface area contributed by atoms with Gasteiger partial charge in [-0.05, 0) is 68.4 Å². The van der Waals surface area contributed by atoms with Crippen molar-refractivity contribution in [2.45, 2.75) is 69.8 Å². The number of nitrogens with zero attached hydrogens (tertiary/aromatic N) is 2. The number of aliphatic hydroxyl groups excluding tert-OH is 1. The summed E-state index contributed by atoms with van der Waals surface area (Å²) in [6.07, 6.45) is 6.45. The molecule has 5 bridgehead atoms. The van der Waals surface area contributed by atoms with E-state index in [0.29, 0.717) is 41.4 Å². The Morgan fingerprint density at radius 3 is 2.56 bits per heavy atom. The highest BCUT2D eigenvalue weighted by Crippen LogP contribution is 2.59. The van der Waals surface area contributed by atoms with Crippen LogP contribution in [-0.2, 0) is 28.7 Å². The van der Waals surface area contributed by atoms with E-state index in [1.165, 1.54) is 0 Å². The van der Waals surface area contributed by atoms with E-state index >= 15 is 4.79 Å². The van der Waals surface area contributed by atoms with Crippen LogP contribution in [0.1, 0.15) is 54.9 Å². The smallest absolute Gasteiger partial charge is 0.313 e. The van der Waals surface area contributed by atoms with E-state index in [2.05, 4.69) is 21.2 Å². The van der Waals surface area contributed by atoms with E-state index in [0.717, 1.165) is 11.1 Å². The fraction of sp³-hybridized carbons (Fsp3) is 0.459. The lowest BCUT2D eigenvalue weighted by Gasteiger charge is -2.36. The van der Waals surface area contributed by atoms with E-state index in [1.54, 1.807) is 15.9 Å². The molecule has 4 heterocycles. The SMILES string of the molecule is Cc1ccc(C)c(N2C/C=C\CCC(=O)NC[C@H](c3ccccc3)OC(=O)[C@H]3[C@@H]4O[C@@]5(C=C4Br)[C@@H]3C(=O)N(CCCCCO)[C@@H]5C2=O)c1. The van der Waals surface area contributed by atoms with E-state index < -0.39 is 41.7 Å². The zero-order valence-electron chi connectivity index (χ0n) is 27.3. The molecule has 2 N–H and O–H groups in total. The molecule has 11 heteroatoms. The molecule has 0 unspecified atom stereocenters. The summed E-state index contributed by atoms with van der Waals surface area (Å²) in [6.45, 7) is 4.48. The number of likely N-dealkylation sites (tertiary alicyclic amines) is 1. The first-order valence-corrected chi connectivity index (χ1v) is 17.5. The Hall–Kier alpha value is -3.80. The number of rotatable bonds is 7. The van der Waals surface area contributed by atoms with Crippen molar-refractivity contribution in [3.8, 4) is 0 Å². The van der Waals surface area contributed by atoms with Crippen LogP contribution in [0.3, 0.4) is 0 Å². The van der Waals surface area contributed by atoms with Crippen LogP contribution in [0.5, 0.6) is 0 Å². The summed E-state index contributed by atoms with van der Waals surface area (Å²) in [7, 11) is 0. The first-order chi connectivity index (χ1) is 23.2. The average molecular weight is 721 g/mol. The highest BCUT2D eigenvalue weighted by molar-refractivity contribution is 9.11. The number of allylic oxidation sites excluding steroid dienone is 1. The predicted octanol–water partition coefficient (Wildman–Crippen LogP) is 4.42. The number of cyclic esters (lactones) is 1. The fourth-order valence-corrected chi connectivity index (χ4v) is 8.20. The zero-order chi connectivity index (χ0) is 34.0. The van der Waals surface area contributed by atoms with E-state index in [4.69, 9.17) is 9.47 Å². The van der Waals surface area contributed by atoms with Gasteiger partial charge in [0.1, 0.15) is 29.8 Å². The van der Waals surface area contributed by atoms with Crippen molar-refractivity contribution in [1.82, 2.24) is 10.2 Å². The van der Waals surface area contributed by atoms with Gasteiger partial charge in [-0.3, -0.25) is 19.2 Å². The zero-order valence-corrected chi connectivity index (χ0v) is 28.9. The molecule has 0 radical (unpaired) electrons. The van der Waals surface area contributed by atoms with Gasteiger partial charge in [0.25, 0.3) is 5.91 Å². The number of hydrogen-bond donors (Lipinski definition) is 2. The summed E-state index contributed by atoms with van der Waals surface area (Å²) in [5.74, 6) is -3.47. The minimum Gasteiger partial charge on any atom is -0.455 e. The summed E-state index contributed by atoms with van der Waals surface area (Å²) in [6, 6.07) is 14.0. The molecule has 3 amide bonds. The van der Waals surface area contributed by atoms with Crippen LogP contribution in [0.15, 0.2) is 71.2 Å². The number of nitrogens with one attached hydrogen (secondary N) is 1. The van der Waals surface area contributed by atoms with Gasteiger partial charge in [0.2, 0.25) is 11.8 Å². The Kier molecular flexibility index (Phi) is 10.2. The maximum atomic E-state index is 15.1. The monoisotopic (exact) mass is 719 g/mol. The number of esters is 1. The number of aryl methyl sites for hydroxylation is 2. The molecule has 10 nitrogen and oxygen atoms in total. The number of anilines is 1. The van der Waals surface area contributed by atoms with Gasteiger partial charge in [-0.25, -0.2) is 0 Å². The predicted molar refractivity (Wildman–Crippen MR) is 183 cm³/mol. The van der Waals surface area contributed by atoms with Crippen LogP contribution < -0.4 is 10.2 Å². The van der Waals surface area contributed by atoms with Crippen LogP contribution >= 0.6 is 15.9 Å². The van der Waals surface area contributed by atoms with Gasteiger partial charge in [-0.15, -0.1) is 0 Å². The Morgan fingerprint density at radius 2 is 1.79 bits per heavy atom. The molecule has 2 fully saturated rings. The van der Waals surface area contributed by atoms with Gasteiger partial charge < -0.3 is 29.7 Å². The molecule has 254 valence electrons. The summed E-state index contributed by atoms with van der Waals surface area (Å²) < 4.78 is 13.4. The third-order valence-corrected chi connectivity index (χ3v) is 10.5. The second-order valence-corrected chi connectivity index (χ2v) is 13.9. The molecule has 4 aliphatic rings. The van der Waals surface area contributed by atoms with Gasteiger partial charge in [-0.1, -0.05) is 70.5 Å². The summed E-state index contributed by atoms with van der Waals surface area (Å²) in [5.41, 5.74) is 1.89. The molecule has 1 spiro atoms. The molecule has 4 aliphatic heterocycles. The lowest BCUT2D eigenvalue weighted by molar-refractivity contribution is -0.159. The number of halogens is 1. The van der Waals surface area contributed by atoms with Crippen LogP contribution in [0.2, 0.25) is 0 Å². The lowest BCUT2D eigenvalue weighted by atomic mass is 9.74. The minimum atomic E-state index is -1.40. The standard InChI is InChI=1S/C37H42BrN3O7/c1-23-15-16-24(2)27(20-23)40-17-9-4-8-14-29(43)39-22-28(25-12-6-3-7-13-25)47-36(46)30-31-34(44)41(18-10-5-11-19-42)33(35(40)45)37(31)21-26(38)32(30)48-37/h3-4,6-7,9,12-13,15-16,20-21,28,30-33,42H,5,8,10-11,14,17-19,22H2,1-2H3,(H,39,43)/b9-4-/t28-,30-,31+,32-,33-,37+/m1/s1. The summed E-state index contributed by atoms with van der Waals surface area (Å²) in [4.78, 5) is 60.0. The highest BCUT2D eigenvalue weighted by Gasteiger charge is 2.75. The molecule has 0 aromatic heterocycles. The maximum absolute atomic E-state index is 15.1.